The second kappa shape index (κ2) is 6.74. The lowest BCUT2D eigenvalue weighted by molar-refractivity contribution is -0.635. The number of ketones is 1. The average Bonchev–Trinajstić information content (AvgIpc) is 2.70. The van der Waals surface area contributed by atoms with Crippen LogP contribution in [-0.2, 0) is 0 Å². The van der Waals surface area contributed by atoms with Crippen LogP contribution in [0.3, 0.4) is 0 Å². The molecule has 0 aliphatic heterocycles. The number of hydrogen-bond donors (Lipinski definition) is 0. The van der Waals surface area contributed by atoms with Gasteiger partial charge >= 0.3 is 5.69 Å². The lowest BCUT2D eigenvalue weighted by Gasteiger charge is -2.09. The van der Waals surface area contributed by atoms with Gasteiger partial charge in [-0.1, -0.05) is 42.5 Å². The molecule has 138 valence electrons. The van der Waals surface area contributed by atoms with E-state index in [0.717, 1.165) is 28.5 Å². The molecule has 0 spiro atoms. The Morgan fingerprint density at radius 2 is 1.68 bits per heavy atom. The van der Waals surface area contributed by atoms with E-state index in [1.807, 2.05) is 42.5 Å². The second-order valence-electron chi connectivity index (χ2n) is 6.46. The minimum Gasteiger partial charge on any atom is -0.618 e. The van der Waals surface area contributed by atoms with Gasteiger partial charge in [-0.25, -0.2) is 4.39 Å². The van der Waals surface area contributed by atoms with Crippen LogP contribution < -0.4 is 9.46 Å². The van der Waals surface area contributed by atoms with Gasteiger partial charge in [0.15, 0.2) is 0 Å². The molecule has 0 amide bonds. The summed E-state index contributed by atoms with van der Waals surface area (Å²) in [6, 6.07) is 16.8. The molecule has 0 radical (unpaired) electrons. The highest BCUT2D eigenvalue weighted by atomic mass is 19.1. The summed E-state index contributed by atoms with van der Waals surface area (Å²) in [4.78, 5) is 12.7. The van der Waals surface area contributed by atoms with E-state index in [0.29, 0.717) is 9.46 Å². The third-order valence-corrected chi connectivity index (χ3v) is 4.66. The molecule has 1 heterocycles. The average molecular weight is 374 g/mol. The molecular weight excluding hydrogens is 359 g/mol. The zero-order valence-electron chi connectivity index (χ0n) is 14.9. The summed E-state index contributed by atoms with van der Waals surface area (Å²) in [5.74, 6) is -1.29. The van der Waals surface area contributed by atoms with Crippen molar-refractivity contribution in [2.24, 2.45) is 0 Å². The topological polar surface area (TPSA) is 71.0 Å². The van der Waals surface area contributed by atoms with Gasteiger partial charge in [-0.05, 0) is 34.5 Å². The van der Waals surface area contributed by atoms with E-state index in [-0.39, 0.29) is 22.4 Å². The lowest BCUT2D eigenvalue weighted by Crippen LogP contribution is -2.46. The summed E-state index contributed by atoms with van der Waals surface area (Å²) in [6.45, 7) is 1.39. The predicted octanol–water partition coefficient (Wildman–Crippen LogP) is 3.60. The van der Waals surface area contributed by atoms with Crippen molar-refractivity contribution < 1.29 is 18.6 Å². The third kappa shape index (κ3) is 2.95. The largest absolute Gasteiger partial charge is 0.618 e. The predicted molar refractivity (Wildman–Crippen MR) is 104 cm³/mol. The van der Waals surface area contributed by atoms with Crippen molar-refractivity contribution in [3.8, 4) is 0 Å². The van der Waals surface area contributed by atoms with Gasteiger partial charge < -0.3 is 10.4 Å². The molecule has 0 unspecified atom stereocenters. The zero-order chi connectivity index (χ0) is 19.8. The van der Waals surface area contributed by atoms with Crippen LogP contribution >= 0.6 is 0 Å². The fourth-order valence-corrected chi connectivity index (χ4v) is 3.22. The fraction of sp³-hybridized carbons (Fsp3) is 0.0455. The zero-order valence-corrected chi connectivity index (χ0v) is 14.9. The molecule has 6 heteroatoms. The first-order valence-corrected chi connectivity index (χ1v) is 8.62. The minimum atomic E-state index is -0.661. The number of rotatable bonds is 3. The van der Waals surface area contributed by atoms with E-state index in [2.05, 4.69) is 0 Å². The van der Waals surface area contributed by atoms with E-state index in [1.165, 1.54) is 19.1 Å². The maximum absolute atomic E-state index is 13.5. The number of fused-ring (bicyclic) bond motifs is 2. The Balaban J connectivity index is 1.76. The molecular formula is C22H15FN2O3. The molecule has 28 heavy (non-hydrogen) atoms. The molecule has 0 fully saturated rings. The Bertz CT molecular complexity index is 1280. The Hall–Kier alpha value is -3.80. The van der Waals surface area contributed by atoms with Crippen molar-refractivity contribution in [1.29, 1.82) is 0 Å². The Labute approximate surface area is 159 Å². The van der Waals surface area contributed by atoms with Gasteiger partial charge in [0.2, 0.25) is 0 Å². The van der Waals surface area contributed by atoms with Gasteiger partial charge in [-0.15, -0.1) is 0 Å². The molecule has 0 saturated carbocycles. The number of carbonyl (C=O) groups is 1. The van der Waals surface area contributed by atoms with Crippen molar-refractivity contribution in [1.82, 2.24) is 0 Å². The smallest absolute Gasteiger partial charge is 0.333 e. The van der Waals surface area contributed by atoms with E-state index in [4.69, 9.17) is 0 Å². The molecule has 0 aliphatic rings. The number of halogens is 1. The molecule has 0 atom stereocenters. The van der Waals surface area contributed by atoms with E-state index < -0.39 is 11.6 Å². The number of aromatic nitrogens is 2. The van der Waals surface area contributed by atoms with Crippen LogP contribution in [0.2, 0.25) is 0 Å². The van der Waals surface area contributed by atoms with Crippen molar-refractivity contribution in [2.75, 3.05) is 0 Å². The standard InChI is InChI=1S/C22H15FN2O3/c1-14-22(25(28)20-13-18(23)9-10-19(20)24(14)27)21(26)11-7-15-6-8-16-4-2-3-5-17(16)12-15/h2-13H,1H3/b11-7+. The summed E-state index contributed by atoms with van der Waals surface area (Å²) in [5.41, 5.74) is 0.225. The molecule has 1 aromatic heterocycles. The van der Waals surface area contributed by atoms with Gasteiger partial charge in [0.1, 0.15) is 5.82 Å². The van der Waals surface area contributed by atoms with Crippen LogP contribution in [-0.4, -0.2) is 5.78 Å². The molecule has 5 nitrogen and oxygen atoms in total. The van der Waals surface area contributed by atoms with Crippen LogP contribution in [0.5, 0.6) is 0 Å². The molecule has 0 N–H and O–H groups in total. The molecule has 4 aromatic rings. The van der Waals surface area contributed by atoms with Crippen LogP contribution in [0.15, 0.2) is 66.7 Å². The summed E-state index contributed by atoms with van der Waals surface area (Å²) in [5, 5.41) is 27.1. The Morgan fingerprint density at radius 1 is 0.929 bits per heavy atom. The maximum atomic E-state index is 13.5. The third-order valence-electron chi connectivity index (χ3n) is 4.66. The van der Waals surface area contributed by atoms with Gasteiger partial charge in [0.05, 0.1) is 6.07 Å². The molecule has 3 aromatic carbocycles. The fourth-order valence-electron chi connectivity index (χ4n) is 3.22. The Kier molecular flexibility index (Phi) is 4.24. The summed E-state index contributed by atoms with van der Waals surface area (Å²) in [6.07, 6.45) is 2.82. The van der Waals surface area contributed by atoms with Crippen molar-refractivity contribution in [2.45, 2.75) is 6.92 Å². The minimum absolute atomic E-state index is 0.00367. The number of carbonyl (C=O) groups excluding carboxylic acids is 1. The van der Waals surface area contributed by atoms with Gasteiger partial charge in [0, 0.05) is 13.0 Å². The first-order valence-electron chi connectivity index (χ1n) is 8.62. The van der Waals surface area contributed by atoms with E-state index in [9.17, 15) is 19.6 Å². The normalized spacial score (nSPS) is 11.5. The SMILES string of the molecule is Cc1c(C(=O)/C=C/c2ccc3ccccc3c2)[n+]([O-])c2cc(F)ccc2[n+]1[O-]. The molecule has 0 saturated heterocycles. The van der Waals surface area contributed by atoms with Gasteiger partial charge in [-0.2, -0.15) is 9.46 Å². The summed E-state index contributed by atoms with van der Waals surface area (Å²) < 4.78 is 14.3. The van der Waals surface area contributed by atoms with Crippen molar-refractivity contribution in [3.05, 3.63) is 99.9 Å². The summed E-state index contributed by atoms with van der Waals surface area (Å²) >= 11 is 0. The molecule has 0 aliphatic carbocycles. The van der Waals surface area contributed by atoms with Crippen LogP contribution in [0.1, 0.15) is 21.7 Å². The van der Waals surface area contributed by atoms with Gasteiger partial charge in [-0.3, -0.25) is 4.79 Å². The van der Waals surface area contributed by atoms with Crippen LogP contribution in [0, 0.1) is 23.2 Å². The van der Waals surface area contributed by atoms with E-state index >= 15 is 0 Å². The lowest BCUT2D eigenvalue weighted by atomic mass is 10.1. The quantitative estimate of drug-likeness (QED) is 0.238. The highest BCUT2D eigenvalue weighted by Crippen LogP contribution is 2.17. The number of nitrogens with zero attached hydrogens (tertiary/aromatic N) is 2. The van der Waals surface area contributed by atoms with Crippen molar-refractivity contribution in [3.63, 3.8) is 0 Å². The monoisotopic (exact) mass is 374 g/mol. The maximum Gasteiger partial charge on any atom is 0.333 e. The highest BCUT2D eigenvalue weighted by molar-refractivity contribution is 6.05. The van der Waals surface area contributed by atoms with Crippen LogP contribution in [0.4, 0.5) is 4.39 Å². The first-order chi connectivity index (χ1) is 13.5. The second-order valence-corrected chi connectivity index (χ2v) is 6.46. The summed E-state index contributed by atoms with van der Waals surface area (Å²) in [7, 11) is 0. The number of allylic oxidation sites excluding steroid dienone is 1. The van der Waals surface area contributed by atoms with E-state index in [1.54, 1.807) is 6.08 Å². The molecule has 4 rings (SSSR count). The first kappa shape index (κ1) is 17.6. The van der Waals surface area contributed by atoms with Crippen molar-refractivity contribution >= 4 is 33.7 Å². The number of hydrogen-bond acceptors (Lipinski definition) is 3. The van der Waals surface area contributed by atoms with Crippen LogP contribution in [0.25, 0.3) is 27.9 Å². The van der Waals surface area contributed by atoms with Gasteiger partial charge in [0.25, 0.3) is 22.5 Å². The molecule has 0 bridgehead atoms. The Morgan fingerprint density at radius 3 is 2.46 bits per heavy atom. The number of benzene rings is 3. The highest BCUT2D eigenvalue weighted by Gasteiger charge is 2.29.